The molecule has 1 heterocycles. The quantitative estimate of drug-likeness (QED) is 0.882. The molecule has 0 bridgehead atoms. The molecule has 0 aliphatic carbocycles. The second kappa shape index (κ2) is 7.53. The van der Waals surface area contributed by atoms with Gasteiger partial charge in [-0.2, -0.15) is 0 Å². The summed E-state index contributed by atoms with van der Waals surface area (Å²) < 4.78 is 5.76. The Kier molecular flexibility index (Phi) is 6.71. The van der Waals surface area contributed by atoms with Crippen LogP contribution in [-0.2, 0) is 4.74 Å². The fourth-order valence-electron chi connectivity index (χ4n) is 2.01. The van der Waals surface area contributed by atoms with Gasteiger partial charge < -0.3 is 15.2 Å². The number of rotatable bonds is 2. The molecule has 1 saturated heterocycles. The minimum atomic E-state index is -0.134. The fourth-order valence-corrected chi connectivity index (χ4v) is 2.31. The van der Waals surface area contributed by atoms with Crippen LogP contribution in [0.3, 0.4) is 0 Å². The van der Waals surface area contributed by atoms with Gasteiger partial charge in [-0.1, -0.05) is 29.3 Å². The van der Waals surface area contributed by atoms with Crippen molar-refractivity contribution in [2.45, 2.75) is 6.10 Å². The summed E-state index contributed by atoms with van der Waals surface area (Å²) in [6.07, 6.45) is -0.134. The highest BCUT2D eigenvalue weighted by atomic mass is 35.5. The summed E-state index contributed by atoms with van der Waals surface area (Å²) in [4.78, 5) is 0. The number of hydrogen-bond donors (Lipinski definition) is 2. The molecule has 1 aromatic rings. The Hall–Kier alpha value is -0.0300. The molecule has 102 valence electrons. The molecule has 18 heavy (non-hydrogen) atoms. The molecule has 1 aliphatic heterocycles. The third-order valence-electron chi connectivity index (χ3n) is 2.92. The Morgan fingerprint density at radius 1 is 1.33 bits per heavy atom. The van der Waals surface area contributed by atoms with Crippen molar-refractivity contribution in [3.8, 4) is 0 Å². The van der Waals surface area contributed by atoms with Crippen molar-refractivity contribution in [2.75, 3.05) is 26.3 Å². The van der Waals surface area contributed by atoms with Gasteiger partial charge in [0.05, 0.1) is 22.8 Å². The van der Waals surface area contributed by atoms with E-state index in [9.17, 15) is 5.11 Å². The van der Waals surface area contributed by atoms with Gasteiger partial charge in [0, 0.05) is 25.6 Å². The van der Waals surface area contributed by atoms with Crippen LogP contribution in [0.25, 0.3) is 0 Å². The Morgan fingerprint density at radius 3 is 2.78 bits per heavy atom. The van der Waals surface area contributed by atoms with E-state index in [0.717, 1.165) is 18.7 Å². The topological polar surface area (TPSA) is 41.5 Å². The van der Waals surface area contributed by atoms with Crippen LogP contribution in [0.5, 0.6) is 0 Å². The minimum Gasteiger partial charge on any atom is -0.396 e. The predicted octanol–water partition coefficient (Wildman–Crippen LogP) is 2.68. The molecular weight excluding hydrogens is 296 g/mol. The first kappa shape index (κ1) is 16.0. The summed E-state index contributed by atoms with van der Waals surface area (Å²) in [7, 11) is 0. The van der Waals surface area contributed by atoms with Crippen molar-refractivity contribution in [1.82, 2.24) is 5.32 Å². The maximum absolute atomic E-state index is 9.39. The molecule has 0 radical (unpaired) electrons. The van der Waals surface area contributed by atoms with E-state index < -0.39 is 0 Å². The van der Waals surface area contributed by atoms with Gasteiger partial charge in [0.25, 0.3) is 0 Å². The molecule has 6 heteroatoms. The lowest BCUT2D eigenvalue weighted by atomic mass is 9.96. The van der Waals surface area contributed by atoms with Gasteiger partial charge >= 0.3 is 0 Å². The Labute approximate surface area is 123 Å². The first-order valence-electron chi connectivity index (χ1n) is 5.60. The van der Waals surface area contributed by atoms with E-state index in [4.69, 9.17) is 27.9 Å². The summed E-state index contributed by atoms with van der Waals surface area (Å²) in [5, 5.41) is 13.7. The monoisotopic (exact) mass is 311 g/mol. The highest BCUT2D eigenvalue weighted by Crippen LogP contribution is 2.31. The van der Waals surface area contributed by atoms with Crippen LogP contribution in [0.15, 0.2) is 18.2 Å². The number of ether oxygens (including phenoxy) is 1. The number of benzene rings is 1. The Morgan fingerprint density at radius 2 is 2.11 bits per heavy atom. The SMILES string of the molecule is Cl.OC[C@H]1CNCCO[C@@H]1c1ccc(Cl)c(Cl)c1. The van der Waals surface area contributed by atoms with Crippen molar-refractivity contribution in [2.24, 2.45) is 5.92 Å². The van der Waals surface area contributed by atoms with E-state index in [1.54, 1.807) is 6.07 Å². The van der Waals surface area contributed by atoms with Crippen molar-refractivity contribution < 1.29 is 9.84 Å². The standard InChI is InChI=1S/C12H15Cl2NO2.ClH/c13-10-2-1-8(5-11(10)14)12-9(7-16)6-15-3-4-17-12;/h1-2,5,9,12,15-16H,3-4,6-7H2;1H/t9-,12-;/m1./s1. The van der Waals surface area contributed by atoms with Crippen LogP contribution in [0.4, 0.5) is 0 Å². The van der Waals surface area contributed by atoms with Crippen LogP contribution in [0.1, 0.15) is 11.7 Å². The van der Waals surface area contributed by atoms with Gasteiger partial charge in [-0.25, -0.2) is 0 Å². The zero-order valence-corrected chi connectivity index (χ0v) is 12.1. The summed E-state index contributed by atoms with van der Waals surface area (Å²) in [6, 6.07) is 5.46. The van der Waals surface area contributed by atoms with E-state index in [2.05, 4.69) is 5.32 Å². The van der Waals surface area contributed by atoms with E-state index in [0.29, 0.717) is 16.7 Å². The second-order valence-electron chi connectivity index (χ2n) is 4.11. The molecule has 3 nitrogen and oxygen atoms in total. The molecule has 0 amide bonds. The summed E-state index contributed by atoms with van der Waals surface area (Å²) >= 11 is 11.9. The van der Waals surface area contributed by atoms with Gasteiger partial charge in [0.2, 0.25) is 0 Å². The fraction of sp³-hybridized carbons (Fsp3) is 0.500. The number of hydrogen-bond acceptors (Lipinski definition) is 3. The average Bonchev–Trinajstić information content (AvgIpc) is 2.57. The Balaban J connectivity index is 0.00000162. The van der Waals surface area contributed by atoms with E-state index in [-0.39, 0.29) is 31.0 Å². The average molecular weight is 313 g/mol. The third-order valence-corrected chi connectivity index (χ3v) is 3.66. The van der Waals surface area contributed by atoms with Gasteiger partial charge in [-0.05, 0) is 17.7 Å². The summed E-state index contributed by atoms with van der Waals surface area (Å²) in [5.74, 6) is 0.0368. The zero-order chi connectivity index (χ0) is 12.3. The largest absolute Gasteiger partial charge is 0.396 e. The lowest BCUT2D eigenvalue weighted by Crippen LogP contribution is -2.27. The number of aliphatic hydroxyl groups is 1. The smallest absolute Gasteiger partial charge is 0.0888 e. The molecule has 0 spiro atoms. The van der Waals surface area contributed by atoms with Crippen LogP contribution in [-0.4, -0.2) is 31.4 Å². The molecule has 1 aliphatic rings. The number of halogens is 3. The zero-order valence-electron chi connectivity index (χ0n) is 9.73. The summed E-state index contributed by atoms with van der Waals surface area (Å²) in [5.41, 5.74) is 0.960. The third kappa shape index (κ3) is 3.73. The van der Waals surface area contributed by atoms with Crippen LogP contribution >= 0.6 is 35.6 Å². The van der Waals surface area contributed by atoms with Crippen molar-refractivity contribution in [1.29, 1.82) is 0 Å². The maximum atomic E-state index is 9.39. The molecule has 2 atom stereocenters. The molecule has 0 saturated carbocycles. The van der Waals surface area contributed by atoms with Crippen LogP contribution < -0.4 is 5.32 Å². The van der Waals surface area contributed by atoms with E-state index in [1.807, 2.05) is 12.1 Å². The van der Waals surface area contributed by atoms with E-state index in [1.165, 1.54) is 0 Å². The van der Waals surface area contributed by atoms with Gasteiger partial charge in [-0.15, -0.1) is 12.4 Å². The first-order chi connectivity index (χ1) is 8.22. The van der Waals surface area contributed by atoms with Gasteiger partial charge in [-0.3, -0.25) is 0 Å². The molecule has 1 fully saturated rings. The highest BCUT2D eigenvalue weighted by molar-refractivity contribution is 6.42. The molecule has 2 rings (SSSR count). The van der Waals surface area contributed by atoms with Crippen molar-refractivity contribution in [3.05, 3.63) is 33.8 Å². The molecule has 1 aromatic carbocycles. The Bertz CT molecular complexity index is 390. The van der Waals surface area contributed by atoms with E-state index >= 15 is 0 Å². The van der Waals surface area contributed by atoms with Crippen molar-refractivity contribution in [3.63, 3.8) is 0 Å². The molecular formula is C12H16Cl3NO2. The van der Waals surface area contributed by atoms with Gasteiger partial charge in [0.1, 0.15) is 0 Å². The second-order valence-corrected chi connectivity index (χ2v) is 4.93. The highest BCUT2D eigenvalue weighted by Gasteiger charge is 2.25. The van der Waals surface area contributed by atoms with Crippen LogP contribution in [0, 0.1) is 5.92 Å². The molecule has 2 N–H and O–H groups in total. The lowest BCUT2D eigenvalue weighted by molar-refractivity contribution is 0.0115. The lowest BCUT2D eigenvalue weighted by Gasteiger charge is -2.23. The molecule has 0 aromatic heterocycles. The molecule has 0 unspecified atom stereocenters. The summed E-state index contributed by atoms with van der Waals surface area (Å²) in [6.45, 7) is 2.25. The number of nitrogens with one attached hydrogen (secondary N) is 1. The first-order valence-corrected chi connectivity index (χ1v) is 6.36. The van der Waals surface area contributed by atoms with Crippen LogP contribution in [0.2, 0.25) is 10.0 Å². The van der Waals surface area contributed by atoms with Crippen molar-refractivity contribution >= 4 is 35.6 Å². The minimum absolute atomic E-state index is 0. The number of aliphatic hydroxyl groups excluding tert-OH is 1. The predicted molar refractivity (Wildman–Crippen MR) is 75.8 cm³/mol. The maximum Gasteiger partial charge on any atom is 0.0888 e. The van der Waals surface area contributed by atoms with Gasteiger partial charge in [0.15, 0.2) is 0 Å². The normalized spacial score (nSPS) is 24.2.